The molecule has 2 heterocycles. The summed E-state index contributed by atoms with van der Waals surface area (Å²) in [7, 11) is 0. The largest absolute Gasteiger partial charge is 0.450 e. The molecular formula is C15H27N3O3. The SMILES string of the molecule is CCOC(=O)NC1CCCN(C(=O)CCC2CCNC2)C1. The van der Waals surface area contributed by atoms with E-state index < -0.39 is 0 Å². The molecule has 0 saturated carbocycles. The van der Waals surface area contributed by atoms with Crippen LogP contribution in [-0.4, -0.2) is 55.7 Å². The minimum absolute atomic E-state index is 0.0231. The molecular weight excluding hydrogens is 270 g/mol. The predicted molar refractivity (Wildman–Crippen MR) is 80.0 cm³/mol. The Morgan fingerprint density at radius 2 is 2.24 bits per heavy atom. The number of alkyl carbamates (subject to hydrolysis) is 1. The number of hydrogen-bond acceptors (Lipinski definition) is 4. The lowest BCUT2D eigenvalue weighted by Crippen LogP contribution is -2.49. The molecule has 0 aromatic heterocycles. The fraction of sp³-hybridized carbons (Fsp3) is 0.867. The van der Waals surface area contributed by atoms with Gasteiger partial charge in [0.25, 0.3) is 0 Å². The second-order valence-electron chi connectivity index (χ2n) is 5.94. The first-order valence-corrected chi connectivity index (χ1v) is 8.10. The summed E-state index contributed by atoms with van der Waals surface area (Å²) in [6.07, 6.45) is 4.24. The highest BCUT2D eigenvalue weighted by atomic mass is 16.5. The number of nitrogens with zero attached hydrogens (tertiary/aromatic N) is 1. The van der Waals surface area contributed by atoms with Gasteiger partial charge in [-0.1, -0.05) is 0 Å². The Morgan fingerprint density at radius 1 is 1.38 bits per heavy atom. The number of carbonyl (C=O) groups excluding carboxylic acids is 2. The van der Waals surface area contributed by atoms with Crippen LogP contribution in [0.5, 0.6) is 0 Å². The zero-order valence-electron chi connectivity index (χ0n) is 12.9. The number of ether oxygens (including phenoxy) is 1. The van der Waals surface area contributed by atoms with E-state index in [0.29, 0.717) is 25.5 Å². The smallest absolute Gasteiger partial charge is 0.407 e. The molecule has 0 aromatic carbocycles. The molecule has 0 radical (unpaired) electrons. The predicted octanol–water partition coefficient (Wildman–Crippen LogP) is 1.11. The Kier molecular flexibility index (Phi) is 6.29. The van der Waals surface area contributed by atoms with Crippen molar-refractivity contribution in [2.75, 3.05) is 32.8 Å². The number of rotatable bonds is 5. The van der Waals surface area contributed by atoms with E-state index in [1.807, 2.05) is 4.90 Å². The maximum absolute atomic E-state index is 12.3. The van der Waals surface area contributed by atoms with Crippen molar-refractivity contribution in [1.29, 1.82) is 0 Å². The topological polar surface area (TPSA) is 70.7 Å². The molecule has 2 N–H and O–H groups in total. The van der Waals surface area contributed by atoms with Gasteiger partial charge in [0.05, 0.1) is 6.61 Å². The average Bonchev–Trinajstić information content (AvgIpc) is 2.98. The summed E-state index contributed by atoms with van der Waals surface area (Å²) in [5.74, 6) is 0.865. The van der Waals surface area contributed by atoms with Crippen molar-refractivity contribution >= 4 is 12.0 Å². The van der Waals surface area contributed by atoms with E-state index in [1.54, 1.807) is 6.92 Å². The Labute approximate surface area is 126 Å². The van der Waals surface area contributed by atoms with Crippen LogP contribution in [0, 0.1) is 5.92 Å². The number of hydrogen-bond donors (Lipinski definition) is 2. The van der Waals surface area contributed by atoms with Crippen LogP contribution in [0.3, 0.4) is 0 Å². The van der Waals surface area contributed by atoms with Crippen LogP contribution >= 0.6 is 0 Å². The van der Waals surface area contributed by atoms with Gasteiger partial charge in [-0.25, -0.2) is 4.79 Å². The lowest BCUT2D eigenvalue weighted by molar-refractivity contribution is -0.132. The van der Waals surface area contributed by atoms with Crippen LogP contribution in [0.4, 0.5) is 4.79 Å². The van der Waals surface area contributed by atoms with Crippen LogP contribution in [0.1, 0.15) is 39.0 Å². The summed E-state index contributed by atoms with van der Waals surface area (Å²) in [6, 6.07) is 0.0231. The first kappa shape index (κ1) is 16.1. The zero-order valence-corrected chi connectivity index (χ0v) is 12.9. The highest BCUT2D eigenvalue weighted by molar-refractivity contribution is 5.76. The van der Waals surface area contributed by atoms with Crippen LogP contribution in [0.2, 0.25) is 0 Å². The molecule has 6 nitrogen and oxygen atoms in total. The maximum atomic E-state index is 12.3. The molecule has 2 saturated heterocycles. The Morgan fingerprint density at radius 3 is 2.95 bits per heavy atom. The maximum Gasteiger partial charge on any atom is 0.407 e. The summed E-state index contributed by atoms with van der Waals surface area (Å²) in [4.78, 5) is 25.6. The van der Waals surface area contributed by atoms with Crippen LogP contribution in [0.15, 0.2) is 0 Å². The molecule has 21 heavy (non-hydrogen) atoms. The van der Waals surface area contributed by atoms with Crippen LogP contribution in [0.25, 0.3) is 0 Å². The fourth-order valence-electron chi connectivity index (χ4n) is 3.11. The molecule has 2 amide bonds. The number of piperidine rings is 1. The number of carbonyl (C=O) groups is 2. The third-order valence-electron chi connectivity index (χ3n) is 4.30. The van der Waals surface area contributed by atoms with Crippen LogP contribution < -0.4 is 10.6 Å². The summed E-state index contributed by atoms with van der Waals surface area (Å²) in [5.41, 5.74) is 0. The van der Waals surface area contributed by atoms with E-state index in [-0.39, 0.29) is 18.0 Å². The van der Waals surface area contributed by atoms with Gasteiger partial charge in [0, 0.05) is 25.6 Å². The Hall–Kier alpha value is -1.30. The third kappa shape index (κ3) is 5.19. The lowest BCUT2D eigenvalue weighted by Gasteiger charge is -2.33. The van der Waals surface area contributed by atoms with Crippen molar-refractivity contribution < 1.29 is 14.3 Å². The normalized spacial score (nSPS) is 25.7. The first-order valence-electron chi connectivity index (χ1n) is 8.10. The highest BCUT2D eigenvalue weighted by Gasteiger charge is 2.25. The minimum Gasteiger partial charge on any atom is -0.450 e. The van der Waals surface area contributed by atoms with Gasteiger partial charge < -0.3 is 20.3 Å². The number of amides is 2. The van der Waals surface area contributed by atoms with E-state index in [2.05, 4.69) is 10.6 Å². The van der Waals surface area contributed by atoms with Crippen molar-refractivity contribution in [3.8, 4) is 0 Å². The molecule has 120 valence electrons. The van der Waals surface area contributed by atoms with E-state index in [1.165, 1.54) is 6.42 Å². The van der Waals surface area contributed by atoms with Crippen molar-refractivity contribution in [2.45, 2.75) is 45.1 Å². The number of nitrogens with one attached hydrogen (secondary N) is 2. The Balaban J connectivity index is 1.71. The molecule has 0 aromatic rings. The second-order valence-corrected chi connectivity index (χ2v) is 5.94. The minimum atomic E-state index is -0.381. The van der Waals surface area contributed by atoms with Gasteiger partial charge in [-0.15, -0.1) is 0 Å². The quantitative estimate of drug-likeness (QED) is 0.797. The van der Waals surface area contributed by atoms with E-state index >= 15 is 0 Å². The van der Waals surface area contributed by atoms with Crippen molar-refractivity contribution in [3.63, 3.8) is 0 Å². The van der Waals surface area contributed by atoms with Crippen molar-refractivity contribution in [3.05, 3.63) is 0 Å². The molecule has 6 heteroatoms. The van der Waals surface area contributed by atoms with Gasteiger partial charge in [-0.3, -0.25) is 4.79 Å². The average molecular weight is 297 g/mol. The van der Waals surface area contributed by atoms with E-state index in [9.17, 15) is 9.59 Å². The molecule has 2 fully saturated rings. The summed E-state index contributed by atoms with van der Waals surface area (Å²) < 4.78 is 4.89. The van der Waals surface area contributed by atoms with Gasteiger partial charge in [0.2, 0.25) is 5.91 Å². The molecule has 2 atom stereocenters. The first-order chi connectivity index (χ1) is 10.2. The lowest BCUT2D eigenvalue weighted by atomic mass is 10.0. The van der Waals surface area contributed by atoms with Crippen molar-refractivity contribution in [1.82, 2.24) is 15.5 Å². The standard InChI is InChI=1S/C15H27N3O3/c1-2-21-15(20)17-13-4-3-9-18(11-13)14(19)6-5-12-7-8-16-10-12/h12-13,16H,2-11H2,1H3,(H,17,20). The molecule has 0 spiro atoms. The van der Waals surface area contributed by atoms with Gasteiger partial charge in [0.1, 0.15) is 0 Å². The molecule has 2 aliphatic rings. The molecule has 2 aliphatic heterocycles. The third-order valence-corrected chi connectivity index (χ3v) is 4.30. The van der Waals surface area contributed by atoms with Gasteiger partial charge >= 0.3 is 6.09 Å². The van der Waals surface area contributed by atoms with Crippen molar-refractivity contribution in [2.24, 2.45) is 5.92 Å². The molecule has 2 unspecified atom stereocenters. The monoisotopic (exact) mass is 297 g/mol. The van der Waals surface area contributed by atoms with Gasteiger partial charge in [-0.05, 0) is 51.6 Å². The zero-order chi connectivity index (χ0) is 15.1. The van der Waals surface area contributed by atoms with Gasteiger partial charge in [-0.2, -0.15) is 0 Å². The van der Waals surface area contributed by atoms with E-state index in [0.717, 1.165) is 38.9 Å². The molecule has 0 aliphatic carbocycles. The summed E-state index contributed by atoms with van der Waals surface area (Å²) >= 11 is 0. The van der Waals surface area contributed by atoms with Gasteiger partial charge in [0.15, 0.2) is 0 Å². The summed E-state index contributed by atoms with van der Waals surface area (Å²) in [6.45, 7) is 5.70. The highest BCUT2D eigenvalue weighted by Crippen LogP contribution is 2.17. The molecule has 2 rings (SSSR count). The van der Waals surface area contributed by atoms with E-state index in [4.69, 9.17) is 4.74 Å². The van der Waals surface area contributed by atoms with Crippen LogP contribution in [-0.2, 0) is 9.53 Å². The second kappa shape index (κ2) is 8.22. The Bertz CT molecular complexity index is 356. The fourth-order valence-corrected chi connectivity index (χ4v) is 3.11. The number of likely N-dealkylation sites (tertiary alicyclic amines) is 1. The molecule has 0 bridgehead atoms. The summed E-state index contributed by atoms with van der Waals surface area (Å²) in [5, 5.41) is 6.17.